The molecule has 6 aromatic rings. The van der Waals surface area contributed by atoms with E-state index in [1.165, 1.54) is 0 Å². The number of anilines is 6. The number of carbonyl (C=O) groups is 2. The van der Waals surface area contributed by atoms with Gasteiger partial charge in [0.25, 0.3) is 11.8 Å². The van der Waals surface area contributed by atoms with Gasteiger partial charge in [0.15, 0.2) is 0 Å². The molecule has 284 valence electrons. The van der Waals surface area contributed by atoms with Crippen molar-refractivity contribution in [2.45, 2.75) is 9.79 Å². The topological polar surface area (TPSA) is 83.8 Å². The number of hydrogen-bond donors (Lipinski definition) is 1. The second kappa shape index (κ2) is 15.1. The van der Waals surface area contributed by atoms with Crippen LogP contribution in [0.2, 0.25) is 0 Å². The van der Waals surface area contributed by atoms with Crippen molar-refractivity contribution in [3.63, 3.8) is 0 Å². The molecule has 0 saturated heterocycles. The maximum absolute atomic E-state index is 14.2. The lowest BCUT2D eigenvalue weighted by Gasteiger charge is -2.26. The van der Waals surface area contributed by atoms with Crippen LogP contribution in [-0.4, -0.2) is 51.7 Å². The molecule has 0 fully saturated rings. The highest BCUT2D eigenvalue weighted by atomic mass is 32.2. The first-order chi connectivity index (χ1) is 28.2. The van der Waals surface area contributed by atoms with E-state index in [0.29, 0.717) is 34.4 Å². The zero-order valence-electron chi connectivity index (χ0n) is 32.4. The number of nitrogens with one attached hydrogen (secondary N) is 1. The minimum Gasteiger partial charge on any atom is -0.378 e. The lowest BCUT2D eigenvalue weighted by molar-refractivity contribution is -0.114. The Kier molecular flexibility index (Phi) is 9.47. The number of amidine groups is 2. The van der Waals surface area contributed by atoms with Crippen molar-refractivity contribution in [2.24, 2.45) is 9.98 Å². The maximum atomic E-state index is 14.2. The van der Waals surface area contributed by atoms with Crippen LogP contribution in [0.1, 0.15) is 22.3 Å². The van der Waals surface area contributed by atoms with Crippen LogP contribution in [0.25, 0.3) is 12.2 Å². The number of benzene rings is 6. The Hall–Kier alpha value is -7.17. The largest absolute Gasteiger partial charge is 0.378 e. The van der Waals surface area contributed by atoms with E-state index in [1.54, 1.807) is 21.6 Å². The summed E-state index contributed by atoms with van der Waals surface area (Å²) < 4.78 is 0. The first-order valence-corrected chi connectivity index (χ1v) is 19.7. The van der Waals surface area contributed by atoms with E-state index in [-0.39, 0.29) is 11.8 Å². The van der Waals surface area contributed by atoms with Gasteiger partial charge in [-0.2, -0.15) is 0 Å². The molecule has 0 radical (unpaired) electrons. The van der Waals surface area contributed by atoms with Crippen LogP contribution in [0.15, 0.2) is 177 Å². The Morgan fingerprint density at radius 3 is 1.29 bits per heavy atom. The minimum atomic E-state index is -0.204. The number of aliphatic imine (C=N–C) groups is 2. The predicted molar refractivity (Wildman–Crippen MR) is 239 cm³/mol. The maximum Gasteiger partial charge on any atom is 0.282 e. The summed E-state index contributed by atoms with van der Waals surface area (Å²) in [5.41, 5.74) is 9.58. The average molecular weight is 778 g/mol. The number of hydrogen-bond acceptors (Lipinski definition) is 8. The van der Waals surface area contributed by atoms with E-state index in [1.807, 2.05) is 196 Å². The molecule has 9 rings (SSSR count). The van der Waals surface area contributed by atoms with Crippen molar-refractivity contribution < 1.29 is 9.59 Å². The van der Waals surface area contributed by atoms with Crippen LogP contribution >= 0.6 is 11.8 Å². The Labute approximate surface area is 342 Å². The van der Waals surface area contributed by atoms with Gasteiger partial charge in [-0.25, -0.2) is 9.98 Å². The van der Waals surface area contributed by atoms with Crippen LogP contribution < -0.4 is 24.9 Å². The van der Waals surface area contributed by atoms with E-state index >= 15 is 0 Å². The van der Waals surface area contributed by atoms with Gasteiger partial charge in [-0.05, 0) is 83.9 Å². The van der Waals surface area contributed by atoms with Crippen LogP contribution in [0.3, 0.4) is 0 Å². The van der Waals surface area contributed by atoms with E-state index in [4.69, 9.17) is 9.98 Å². The third-order valence-corrected chi connectivity index (χ3v) is 11.3. The fourth-order valence-corrected chi connectivity index (χ4v) is 8.12. The van der Waals surface area contributed by atoms with Crippen LogP contribution in [-0.2, 0) is 9.59 Å². The molecule has 3 aliphatic heterocycles. The van der Waals surface area contributed by atoms with Gasteiger partial charge >= 0.3 is 0 Å². The van der Waals surface area contributed by atoms with Crippen molar-refractivity contribution in [3.05, 3.63) is 179 Å². The van der Waals surface area contributed by atoms with Crippen molar-refractivity contribution >= 4 is 81.5 Å². The number of amides is 2. The van der Waals surface area contributed by atoms with Gasteiger partial charge in [-0.3, -0.25) is 19.4 Å². The molecule has 0 unspecified atom stereocenters. The standard InChI is InChI=1S/C48H39N7O2S/c1-52(2)35-19-15-31(16-20-35)27-41-47(56)54(45(50-41)33-11-7-5-8-12-33)37-23-25-39-43(29-37)58-44-30-38(24-26-40(44)49-39)55-46(34-13-9-6-10-14-34)51-42(48(55)57)28-32-17-21-36(22-18-32)53(3)4/h5-30,49H,1-4H3/b41-27-,42-28+. The Bertz CT molecular complexity index is 2520. The van der Waals surface area contributed by atoms with E-state index < -0.39 is 0 Å². The van der Waals surface area contributed by atoms with Gasteiger partial charge in [0, 0.05) is 60.5 Å². The van der Waals surface area contributed by atoms with E-state index in [0.717, 1.165) is 54.8 Å². The summed E-state index contributed by atoms with van der Waals surface area (Å²) in [6, 6.07) is 47.6. The third-order valence-electron chi connectivity index (χ3n) is 10.1. The lowest BCUT2D eigenvalue weighted by atomic mass is 10.1. The van der Waals surface area contributed by atoms with Gasteiger partial charge in [0.2, 0.25) is 0 Å². The number of rotatable bonds is 8. The summed E-state index contributed by atoms with van der Waals surface area (Å²) in [5.74, 6) is 0.723. The predicted octanol–water partition coefficient (Wildman–Crippen LogP) is 9.70. The van der Waals surface area contributed by atoms with Gasteiger partial charge < -0.3 is 15.1 Å². The molecule has 0 atom stereocenters. The summed E-state index contributed by atoms with van der Waals surface area (Å²) in [6.45, 7) is 0. The van der Waals surface area contributed by atoms with Gasteiger partial charge in [-0.1, -0.05) is 96.7 Å². The molecule has 58 heavy (non-hydrogen) atoms. The van der Waals surface area contributed by atoms with Crippen molar-refractivity contribution in [3.8, 4) is 0 Å². The fourth-order valence-electron chi connectivity index (χ4n) is 7.07. The lowest BCUT2D eigenvalue weighted by Crippen LogP contribution is -2.32. The van der Waals surface area contributed by atoms with Gasteiger partial charge in [-0.15, -0.1) is 0 Å². The molecule has 2 amide bonds. The summed E-state index contributed by atoms with van der Waals surface area (Å²) in [4.78, 5) is 47.6. The fraction of sp³-hybridized carbons (Fsp3) is 0.0833. The average Bonchev–Trinajstić information content (AvgIpc) is 3.75. The van der Waals surface area contributed by atoms with Crippen LogP contribution in [0.5, 0.6) is 0 Å². The number of carbonyl (C=O) groups excluding carboxylic acids is 2. The molecule has 3 aliphatic rings. The minimum absolute atomic E-state index is 0.204. The van der Waals surface area contributed by atoms with Gasteiger partial charge in [0.05, 0.1) is 22.7 Å². The summed E-state index contributed by atoms with van der Waals surface area (Å²) >= 11 is 1.58. The molecular formula is C48H39N7O2S. The van der Waals surface area contributed by atoms with Crippen molar-refractivity contribution in [1.82, 2.24) is 0 Å². The highest BCUT2D eigenvalue weighted by Gasteiger charge is 2.35. The first kappa shape index (κ1) is 36.5. The second-order valence-electron chi connectivity index (χ2n) is 14.5. The molecule has 9 nitrogen and oxygen atoms in total. The normalized spacial score (nSPS) is 15.9. The molecule has 3 heterocycles. The zero-order valence-corrected chi connectivity index (χ0v) is 33.2. The Morgan fingerprint density at radius 2 is 0.914 bits per heavy atom. The summed E-state index contributed by atoms with van der Waals surface area (Å²) in [6.07, 6.45) is 3.68. The molecule has 10 heteroatoms. The molecule has 0 aromatic heterocycles. The second-order valence-corrected chi connectivity index (χ2v) is 15.6. The highest BCUT2D eigenvalue weighted by molar-refractivity contribution is 7.99. The molecule has 1 N–H and O–H groups in total. The smallest absolute Gasteiger partial charge is 0.282 e. The third kappa shape index (κ3) is 6.94. The van der Waals surface area contributed by atoms with Crippen LogP contribution in [0.4, 0.5) is 34.1 Å². The van der Waals surface area contributed by atoms with E-state index in [2.05, 4.69) is 5.32 Å². The van der Waals surface area contributed by atoms with Gasteiger partial charge in [0.1, 0.15) is 23.1 Å². The quantitative estimate of drug-likeness (QED) is 0.155. The molecular weight excluding hydrogens is 739 g/mol. The number of nitrogens with zero attached hydrogens (tertiary/aromatic N) is 6. The summed E-state index contributed by atoms with van der Waals surface area (Å²) in [7, 11) is 7.99. The molecule has 0 spiro atoms. The van der Waals surface area contributed by atoms with Crippen molar-refractivity contribution in [2.75, 3.05) is 53.1 Å². The molecule has 0 aliphatic carbocycles. The first-order valence-electron chi connectivity index (χ1n) is 18.9. The Balaban J connectivity index is 1.04. The summed E-state index contributed by atoms with van der Waals surface area (Å²) in [5, 5.41) is 3.57. The molecule has 0 saturated carbocycles. The highest BCUT2D eigenvalue weighted by Crippen LogP contribution is 2.47. The Morgan fingerprint density at radius 1 is 0.517 bits per heavy atom. The van der Waals surface area contributed by atoms with Crippen LogP contribution in [0, 0.1) is 0 Å². The number of fused-ring (bicyclic) bond motifs is 2. The monoisotopic (exact) mass is 777 g/mol. The van der Waals surface area contributed by atoms with Crippen molar-refractivity contribution in [1.29, 1.82) is 0 Å². The molecule has 6 aromatic carbocycles. The zero-order chi connectivity index (χ0) is 39.9. The molecule has 0 bridgehead atoms. The SMILES string of the molecule is CN(C)c1ccc(/C=C2\N=C(c3ccccc3)N(c3ccc4c(c3)Sc3cc(N5C(=O)/C(=C\c6ccc(N(C)C)cc6)N=C5c5ccccc5)ccc3N4)C2=O)cc1. The van der Waals surface area contributed by atoms with E-state index in [9.17, 15) is 9.59 Å².